The molecule has 0 saturated carbocycles. The van der Waals surface area contributed by atoms with Crippen molar-refractivity contribution < 1.29 is 13.2 Å². The Morgan fingerprint density at radius 1 is 1.07 bits per heavy atom. The van der Waals surface area contributed by atoms with Crippen LogP contribution in [0, 0.1) is 6.92 Å². The van der Waals surface area contributed by atoms with Crippen molar-refractivity contribution in [2.45, 2.75) is 19.8 Å². The smallest absolute Gasteiger partial charge is 0.232 e. The summed E-state index contributed by atoms with van der Waals surface area (Å²) in [6.45, 7) is 1.97. The minimum absolute atomic E-state index is 0.145. The highest BCUT2D eigenvalue weighted by molar-refractivity contribution is 7.92. The van der Waals surface area contributed by atoms with Gasteiger partial charge in [-0.15, -0.1) is 0 Å². The van der Waals surface area contributed by atoms with Gasteiger partial charge in [0.1, 0.15) is 0 Å². The molecule has 0 aliphatic heterocycles. The standard InChI is InChI=1S/C18H19Cl3N2O3S/c1-12-5-6-13(19)10-17(12)23(27(2,25)26)9-3-4-18(24)22-14-7-8-15(20)16(21)11-14/h5-8,10-11H,3-4,9H2,1-2H3,(H,22,24). The summed E-state index contributed by atoms with van der Waals surface area (Å²) in [7, 11) is -3.51. The second-order valence-corrected chi connectivity index (χ2v) is 9.20. The molecule has 1 amide bonds. The Kier molecular flexibility index (Phi) is 7.40. The summed E-state index contributed by atoms with van der Waals surface area (Å²) in [5.41, 5.74) is 1.82. The summed E-state index contributed by atoms with van der Waals surface area (Å²) in [6, 6.07) is 9.85. The van der Waals surface area contributed by atoms with Gasteiger partial charge in [-0.1, -0.05) is 40.9 Å². The second kappa shape index (κ2) is 9.15. The van der Waals surface area contributed by atoms with Crippen LogP contribution < -0.4 is 9.62 Å². The molecule has 146 valence electrons. The van der Waals surface area contributed by atoms with Gasteiger partial charge in [-0.3, -0.25) is 9.10 Å². The zero-order chi connectivity index (χ0) is 20.2. The van der Waals surface area contributed by atoms with Crippen LogP contribution in [0.1, 0.15) is 18.4 Å². The van der Waals surface area contributed by atoms with Gasteiger partial charge in [0, 0.05) is 23.7 Å². The minimum Gasteiger partial charge on any atom is -0.326 e. The molecule has 2 aromatic carbocycles. The average Bonchev–Trinajstić information content (AvgIpc) is 2.56. The summed E-state index contributed by atoms with van der Waals surface area (Å²) >= 11 is 17.8. The molecule has 0 heterocycles. The molecule has 0 aliphatic rings. The van der Waals surface area contributed by atoms with Crippen LogP contribution in [0.15, 0.2) is 36.4 Å². The summed E-state index contributed by atoms with van der Waals surface area (Å²) in [5, 5.41) is 3.90. The van der Waals surface area contributed by atoms with Crippen LogP contribution in [-0.2, 0) is 14.8 Å². The van der Waals surface area contributed by atoms with E-state index < -0.39 is 10.0 Å². The van der Waals surface area contributed by atoms with Crippen molar-refractivity contribution in [2.75, 3.05) is 22.4 Å². The van der Waals surface area contributed by atoms with E-state index in [1.807, 2.05) is 0 Å². The zero-order valence-corrected chi connectivity index (χ0v) is 17.9. The second-order valence-electron chi connectivity index (χ2n) is 6.05. The van der Waals surface area contributed by atoms with Gasteiger partial charge in [-0.05, 0) is 49.2 Å². The first-order valence-electron chi connectivity index (χ1n) is 8.06. The Hall–Kier alpha value is -1.47. The number of carbonyl (C=O) groups excluding carboxylic acids is 1. The third-order valence-corrected chi connectivity index (χ3v) is 5.96. The van der Waals surface area contributed by atoms with Gasteiger partial charge in [0.25, 0.3) is 0 Å². The lowest BCUT2D eigenvalue weighted by Gasteiger charge is -2.24. The number of halogens is 3. The van der Waals surface area contributed by atoms with Crippen LogP contribution >= 0.6 is 34.8 Å². The van der Waals surface area contributed by atoms with Gasteiger partial charge in [-0.2, -0.15) is 0 Å². The van der Waals surface area contributed by atoms with Crippen molar-refractivity contribution in [1.29, 1.82) is 0 Å². The van der Waals surface area contributed by atoms with Gasteiger partial charge in [0.05, 0.1) is 22.0 Å². The number of rotatable bonds is 7. The summed E-state index contributed by atoms with van der Waals surface area (Å²) in [5.74, 6) is -0.246. The van der Waals surface area contributed by atoms with Gasteiger partial charge < -0.3 is 5.32 Å². The number of hydrogen-bond donors (Lipinski definition) is 1. The van der Waals surface area contributed by atoms with Crippen LogP contribution in [0.5, 0.6) is 0 Å². The van der Waals surface area contributed by atoms with E-state index in [-0.39, 0.29) is 18.9 Å². The lowest BCUT2D eigenvalue weighted by molar-refractivity contribution is -0.116. The average molecular weight is 450 g/mol. The van der Waals surface area contributed by atoms with Crippen LogP contribution in [0.25, 0.3) is 0 Å². The number of carbonyl (C=O) groups is 1. The molecule has 5 nitrogen and oxygen atoms in total. The fraction of sp³-hybridized carbons (Fsp3) is 0.278. The number of anilines is 2. The van der Waals surface area contributed by atoms with Crippen molar-refractivity contribution in [3.05, 3.63) is 57.0 Å². The number of amides is 1. The van der Waals surface area contributed by atoms with Crippen molar-refractivity contribution in [2.24, 2.45) is 0 Å². The topological polar surface area (TPSA) is 66.5 Å². The minimum atomic E-state index is -3.51. The molecule has 2 rings (SSSR count). The Bertz CT molecular complexity index is 949. The monoisotopic (exact) mass is 448 g/mol. The number of nitrogens with one attached hydrogen (secondary N) is 1. The highest BCUT2D eigenvalue weighted by Gasteiger charge is 2.19. The first kappa shape index (κ1) is 21.8. The molecule has 0 atom stereocenters. The molecule has 2 aromatic rings. The first-order valence-corrected chi connectivity index (χ1v) is 11.0. The fourth-order valence-corrected chi connectivity index (χ4v) is 3.98. The van der Waals surface area contributed by atoms with E-state index in [4.69, 9.17) is 34.8 Å². The third-order valence-electron chi connectivity index (χ3n) is 3.81. The van der Waals surface area contributed by atoms with Crippen molar-refractivity contribution >= 4 is 62.1 Å². The van der Waals surface area contributed by atoms with E-state index in [1.165, 1.54) is 4.31 Å². The zero-order valence-electron chi connectivity index (χ0n) is 14.8. The Morgan fingerprint density at radius 3 is 2.41 bits per heavy atom. The molecule has 0 spiro atoms. The molecular weight excluding hydrogens is 431 g/mol. The summed E-state index contributed by atoms with van der Waals surface area (Å²) in [4.78, 5) is 12.1. The largest absolute Gasteiger partial charge is 0.326 e. The molecule has 0 unspecified atom stereocenters. The van der Waals surface area contributed by atoms with Gasteiger partial charge in [0.2, 0.25) is 15.9 Å². The molecule has 0 aliphatic carbocycles. The molecule has 27 heavy (non-hydrogen) atoms. The Balaban J connectivity index is 2.02. The molecule has 1 N–H and O–H groups in total. The summed E-state index contributed by atoms with van der Waals surface area (Å²) in [6.07, 6.45) is 1.61. The molecule has 9 heteroatoms. The highest BCUT2D eigenvalue weighted by Crippen LogP contribution is 2.27. The SMILES string of the molecule is Cc1ccc(Cl)cc1N(CCCC(=O)Nc1ccc(Cl)c(Cl)c1)S(C)(=O)=O. The first-order chi connectivity index (χ1) is 12.6. The Labute approximate surface area is 174 Å². The predicted octanol–water partition coefficient (Wildman–Crippen LogP) is 5.14. The lowest BCUT2D eigenvalue weighted by Crippen LogP contribution is -2.32. The van der Waals surface area contributed by atoms with Crippen molar-refractivity contribution in [3.63, 3.8) is 0 Å². The third kappa shape index (κ3) is 6.28. The quantitative estimate of drug-likeness (QED) is 0.636. The normalized spacial score (nSPS) is 11.3. The van der Waals surface area contributed by atoms with Crippen molar-refractivity contribution in [3.8, 4) is 0 Å². The van der Waals surface area contributed by atoms with E-state index in [2.05, 4.69) is 5.32 Å². The number of nitrogens with zero attached hydrogens (tertiary/aromatic N) is 1. The molecule has 0 fully saturated rings. The maximum absolute atomic E-state index is 12.2. The van der Waals surface area contributed by atoms with Crippen LogP contribution in [0.2, 0.25) is 15.1 Å². The maximum Gasteiger partial charge on any atom is 0.232 e. The molecular formula is C18H19Cl3N2O3S. The van der Waals surface area contributed by atoms with Gasteiger partial charge in [0.15, 0.2) is 0 Å². The molecule has 0 saturated heterocycles. The van der Waals surface area contributed by atoms with Crippen LogP contribution in [-0.4, -0.2) is 27.1 Å². The molecule has 0 bridgehead atoms. The van der Waals surface area contributed by atoms with Crippen LogP contribution in [0.3, 0.4) is 0 Å². The number of benzene rings is 2. The summed E-state index contributed by atoms with van der Waals surface area (Å²) < 4.78 is 25.6. The van der Waals surface area contributed by atoms with Gasteiger partial charge >= 0.3 is 0 Å². The highest BCUT2D eigenvalue weighted by atomic mass is 35.5. The van der Waals surface area contributed by atoms with E-state index in [0.717, 1.165) is 11.8 Å². The fourth-order valence-electron chi connectivity index (χ4n) is 2.50. The number of aryl methyl sites for hydroxylation is 1. The van der Waals surface area contributed by atoms with E-state index in [0.29, 0.717) is 32.9 Å². The molecule has 0 radical (unpaired) electrons. The maximum atomic E-state index is 12.2. The number of hydrogen-bond acceptors (Lipinski definition) is 3. The van der Waals surface area contributed by atoms with Crippen LogP contribution in [0.4, 0.5) is 11.4 Å². The van der Waals surface area contributed by atoms with E-state index in [1.54, 1.807) is 43.3 Å². The molecule has 0 aromatic heterocycles. The Morgan fingerprint density at radius 2 is 1.78 bits per heavy atom. The number of sulfonamides is 1. The van der Waals surface area contributed by atoms with Gasteiger partial charge in [-0.25, -0.2) is 8.42 Å². The van der Waals surface area contributed by atoms with E-state index >= 15 is 0 Å². The lowest BCUT2D eigenvalue weighted by atomic mass is 10.2. The van der Waals surface area contributed by atoms with Crippen molar-refractivity contribution in [1.82, 2.24) is 0 Å². The van der Waals surface area contributed by atoms with E-state index in [9.17, 15) is 13.2 Å². The predicted molar refractivity (Wildman–Crippen MR) is 113 cm³/mol.